The predicted molar refractivity (Wildman–Crippen MR) is 106 cm³/mol. The van der Waals surface area contributed by atoms with Gasteiger partial charge in [-0.05, 0) is 42.6 Å². The van der Waals surface area contributed by atoms with E-state index in [9.17, 15) is 0 Å². The number of hydrogen-bond acceptors (Lipinski definition) is 6. The van der Waals surface area contributed by atoms with Crippen molar-refractivity contribution in [1.29, 1.82) is 0 Å². The van der Waals surface area contributed by atoms with Gasteiger partial charge < -0.3 is 8.98 Å². The third-order valence-electron chi connectivity index (χ3n) is 3.77. The summed E-state index contributed by atoms with van der Waals surface area (Å²) in [4.78, 5) is 5.58. The minimum absolute atomic E-state index is 0.661. The Hall–Kier alpha value is -2.09. The molecule has 3 heterocycles. The van der Waals surface area contributed by atoms with Crippen molar-refractivity contribution >= 4 is 34.7 Å². The fourth-order valence-corrected chi connectivity index (χ4v) is 4.18. The lowest BCUT2D eigenvalue weighted by molar-refractivity contribution is 0.575. The fourth-order valence-electron chi connectivity index (χ4n) is 2.52. The van der Waals surface area contributed by atoms with E-state index in [4.69, 9.17) is 16.0 Å². The fraction of sp³-hybridized carbons (Fsp3) is 0.167. The van der Waals surface area contributed by atoms with Gasteiger partial charge in [0.1, 0.15) is 6.26 Å². The van der Waals surface area contributed by atoms with Gasteiger partial charge in [-0.3, -0.25) is 0 Å². The van der Waals surface area contributed by atoms with Crippen molar-refractivity contribution in [1.82, 2.24) is 19.7 Å². The first-order chi connectivity index (χ1) is 12.7. The van der Waals surface area contributed by atoms with Gasteiger partial charge in [0.2, 0.25) is 5.89 Å². The Balaban J connectivity index is 1.51. The zero-order valence-electron chi connectivity index (χ0n) is 13.9. The molecule has 0 unspecified atom stereocenters. The third-order valence-corrected chi connectivity index (χ3v) is 5.88. The van der Waals surface area contributed by atoms with E-state index in [0.717, 1.165) is 33.7 Å². The zero-order chi connectivity index (χ0) is 17.9. The molecule has 0 aliphatic carbocycles. The van der Waals surface area contributed by atoms with Gasteiger partial charge in [-0.1, -0.05) is 29.4 Å². The number of halogens is 1. The highest BCUT2D eigenvalue weighted by Crippen LogP contribution is 2.29. The summed E-state index contributed by atoms with van der Waals surface area (Å²) in [5.74, 6) is 2.17. The van der Waals surface area contributed by atoms with Crippen molar-refractivity contribution in [3.63, 3.8) is 0 Å². The van der Waals surface area contributed by atoms with Crippen molar-refractivity contribution in [3.05, 3.63) is 58.8 Å². The molecule has 0 aliphatic heterocycles. The van der Waals surface area contributed by atoms with E-state index < -0.39 is 0 Å². The molecule has 26 heavy (non-hydrogen) atoms. The normalized spacial score (nSPS) is 11.2. The van der Waals surface area contributed by atoms with Crippen LogP contribution >= 0.6 is 34.7 Å². The summed E-state index contributed by atoms with van der Waals surface area (Å²) in [5.41, 5.74) is 1.88. The average molecular weight is 403 g/mol. The topological polar surface area (TPSA) is 56.7 Å². The molecule has 0 bridgehead atoms. The summed E-state index contributed by atoms with van der Waals surface area (Å²) in [6.07, 6.45) is 1.70. The Morgan fingerprint density at radius 1 is 1.19 bits per heavy atom. The minimum Gasteiger partial charge on any atom is -0.444 e. The van der Waals surface area contributed by atoms with Crippen LogP contribution in [-0.4, -0.2) is 19.7 Å². The summed E-state index contributed by atoms with van der Waals surface area (Å²) in [6.45, 7) is 2.87. The molecule has 0 saturated heterocycles. The zero-order valence-corrected chi connectivity index (χ0v) is 16.3. The second-order valence-corrected chi connectivity index (χ2v) is 7.79. The Labute approximate surface area is 164 Å². The Kier molecular flexibility index (Phi) is 5.10. The second-order valence-electron chi connectivity index (χ2n) is 5.47. The van der Waals surface area contributed by atoms with Gasteiger partial charge in [0.15, 0.2) is 11.0 Å². The number of benzene rings is 1. The molecule has 0 aliphatic rings. The standard InChI is InChI=1S/C18H15ClN4OS2/c1-2-23-16(12-5-7-13(19)8-6-12)21-22-18(23)26-11-14-10-24-17(20-14)15-4-3-9-25-15/h3-10H,2,11H2,1H3. The van der Waals surface area contributed by atoms with Gasteiger partial charge in [0.05, 0.1) is 10.6 Å². The summed E-state index contributed by atoms with van der Waals surface area (Å²) in [5, 5.41) is 12.3. The van der Waals surface area contributed by atoms with Crippen LogP contribution in [0.4, 0.5) is 0 Å². The molecule has 132 valence electrons. The number of aromatic nitrogens is 4. The number of oxazole rings is 1. The van der Waals surface area contributed by atoms with Crippen LogP contribution in [0.25, 0.3) is 22.2 Å². The maximum atomic E-state index is 5.97. The quantitative estimate of drug-likeness (QED) is 0.391. The van der Waals surface area contributed by atoms with Crippen LogP contribution in [0, 0.1) is 0 Å². The van der Waals surface area contributed by atoms with Gasteiger partial charge in [-0.2, -0.15) is 0 Å². The molecule has 0 saturated carbocycles. The van der Waals surface area contributed by atoms with Crippen molar-refractivity contribution in [2.75, 3.05) is 0 Å². The molecule has 0 spiro atoms. The molecule has 4 aromatic rings. The van der Waals surface area contributed by atoms with Crippen LogP contribution in [-0.2, 0) is 12.3 Å². The summed E-state index contributed by atoms with van der Waals surface area (Å²) in [6, 6.07) is 11.6. The molecule has 8 heteroatoms. The molecule has 1 aromatic carbocycles. The summed E-state index contributed by atoms with van der Waals surface area (Å²) < 4.78 is 7.66. The molecule has 5 nitrogen and oxygen atoms in total. The Morgan fingerprint density at radius 3 is 2.77 bits per heavy atom. The van der Waals surface area contributed by atoms with Crippen LogP contribution in [0.1, 0.15) is 12.6 Å². The summed E-state index contributed by atoms with van der Waals surface area (Å²) >= 11 is 9.18. The Bertz CT molecular complexity index is 993. The van der Waals surface area contributed by atoms with Gasteiger partial charge in [0.25, 0.3) is 0 Å². The molecular weight excluding hydrogens is 388 g/mol. The average Bonchev–Trinajstić information content (AvgIpc) is 3.40. The maximum Gasteiger partial charge on any atom is 0.236 e. The monoisotopic (exact) mass is 402 g/mol. The smallest absolute Gasteiger partial charge is 0.236 e. The Morgan fingerprint density at radius 2 is 2.04 bits per heavy atom. The number of thiophene rings is 1. The van der Waals surface area contributed by atoms with Gasteiger partial charge in [0, 0.05) is 22.9 Å². The first-order valence-corrected chi connectivity index (χ1v) is 10.3. The molecule has 4 rings (SSSR count). The third kappa shape index (κ3) is 3.56. The van der Waals surface area contributed by atoms with Gasteiger partial charge in [-0.15, -0.1) is 21.5 Å². The van der Waals surface area contributed by atoms with Crippen LogP contribution < -0.4 is 0 Å². The van der Waals surface area contributed by atoms with Crippen LogP contribution in [0.15, 0.2) is 57.6 Å². The second kappa shape index (κ2) is 7.65. The number of thioether (sulfide) groups is 1. The lowest BCUT2D eigenvalue weighted by Gasteiger charge is -2.06. The first-order valence-electron chi connectivity index (χ1n) is 8.05. The van der Waals surface area contributed by atoms with E-state index in [2.05, 4.69) is 26.7 Å². The van der Waals surface area contributed by atoms with Crippen LogP contribution in [0.2, 0.25) is 5.02 Å². The number of nitrogens with zero attached hydrogens (tertiary/aromatic N) is 4. The molecule has 0 fully saturated rings. The van der Waals surface area contributed by atoms with E-state index in [1.807, 2.05) is 41.8 Å². The SMILES string of the molecule is CCn1c(SCc2coc(-c3cccs3)n2)nnc1-c1ccc(Cl)cc1. The van der Waals surface area contributed by atoms with E-state index in [-0.39, 0.29) is 0 Å². The minimum atomic E-state index is 0.661. The predicted octanol–water partition coefficient (Wildman–Crippen LogP) is 5.63. The van der Waals surface area contributed by atoms with Crippen molar-refractivity contribution in [2.45, 2.75) is 24.4 Å². The van der Waals surface area contributed by atoms with E-state index >= 15 is 0 Å². The molecule has 3 aromatic heterocycles. The maximum absolute atomic E-state index is 5.97. The number of hydrogen-bond donors (Lipinski definition) is 0. The highest BCUT2D eigenvalue weighted by molar-refractivity contribution is 7.98. The van der Waals surface area contributed by atoms with E-state index in [1.54, 1.807) is 29.4 Å². The van der Waals surface area contributed by atoms with Crippen LogP contribution in [0.3, 0.4) is 0 Å². The van der Waals surface area contributed by atoms with Crippen molar-refractivity contribution < 1.29 is 4.42 Å². The van der Waals surface area contributed by atoms with Crippen molar-refractivity contribution in [3.8, 4) is 22.2 Å². The molecule has 0 N–H and O–H groups in total. The largest absolute Gasteiger partial charge is 0.444 e. The lowest BCUT2D eigenvalue weighted by Crippen LogP contribution is -1.99. The first kappa shape index (κ1) is 17.3. The molecule has 0 atom stereocenters. The number of rotatable bonds is 6. The van der Waals surface area contributed by atoms with Gasteiger partial charge in [-0.25, -0.2) is 4.98 Å². The van der Waals surface area contributed by atoms with Crippen LogP contribution in [0.5, 0.6) is 0 Å². The summed E-state index contributed by atoms with van der Waals surface area (Å²) in [7, 11) is 0. The highest BCUT2D eigenvalue weighted by atomic mass is 35.5. The molecule has 0 amide bonds. The van der Waals surface area contributed by atoms with E-state index in [1.165, 1.54) is 0 Å². The van der Waals surface area contributed by atoms with Gasteiger partial charge >= 0.3 is 0 Å². The molecule has 0 radical (unpaired) electrons. The lowest BCUT2D eigenvalue weighted by atomic mass is 10.2. The molecular formula is C18H15ClN4OS2. The highest BCUT2D eigenvalue weighted by Gasteiger charge is 2.14. The van der Waals surface area contributed by atoms with E-state index in [0.29, 0.717) is 16.7 Å². The van der Waals surface area contributed by atoms with Crippen molar-refractivity contribution in [2.24, 2.45) is 0 Å².